The average Bonchev–Trinajstić information content (AvgIpc) is 3.31. The Kier molecular flexibility index (Phi) is 8.11. The highest BCUT2D eigenvalue weighted by Gasteiger charge is 2.43. The van der Waals surface area contributed by atoms with Crippen LogP contribution in [0.4, 0.5) is 5.00 Å². The van der Waals surface area contributed by atoms with Crippen molar-refractivity contribution >= 4 is 34.0 Å². The number of methoxy groups -OCH3 is 4. The summed E-state index contributed by atoms with van der Waals surface area (Å²) in [5.74, 6) is -0.317. The van der Waals surface area contributed by atoms with Crippen LogP contribution >= 0.6 is 11.3 Å². The van der Waals surface area contributed by atoms with E-state index in [2.05, 4.69) is 24.5 Å². The van der Waals surface area contributed by atoms with Crippen LogP contribution in [0.1, 0.15) is 78.7 Å². The largest absolute Gasteiger partial charge is 0.493 e. The quantitative estimate of drug-likeness (QED) is 0.394. The van der Waals surface area contributed by atoms with Crippen LogP contribution in [0.3, 0.4) is 0 Å². The molecule has 9 nitrogen and oxygen atoms in total. The maximum atomic E-state index is 14.3. The Labute approximate surface area is 250 Å². The van der Waals surface area contributed by atoms with Crippen molar-refractivity contribution in [2.45, 2.75) is 65.2 Å². The second-order valence-electron chi connectivity index (χ2n) is 11.7. The van der Waals surface area contributed by atoms with Gasteiger partial charge in [0.2, 0.25) is 5.75 Å². The zero-order valence-electron chi connectivity index (χ0n) is 25.2. The molecule has 0 bridgehead atoms. The first-order chi connectivity index (χ1) is 20.0. The molecule has 0 saturated carbocycles. The fraction of sp³-hybridized carbons (Fsp3) is 0.469. The van der Waals surface area contributed by atoms with E-state index >= 15 is 0 Å². The molecule has 0 spiro atoms. The molecule has 2 aromatic rings. The number of ether oxygens (including phenoxy) is 4. The summed E-state index contributed by atoms with van der Waals surface area (Å²) >= 11 is 1.43. The van der Waals surface area contributed by atoms with E-state index in [0.717, 1.165) is 41.8 Å². The first-order valence-electron chi connectivity index (χ1n) is 14.1. The van der Waals surface area contributed by atoms with Gasteiger partial charge in [-0.05, 0) is 67.7 Å². The molecule has 2 aliphatic carbocycles. The van der Waals surface area contributed by atoms with Crippen LogP contribution in [0.25, 0.3) is 0 Å². The number of esters is 1. The van der Waals surface area contributed by atoms with Gasteiger partial charge in [-0.2, -0.15) is 0 Å². The normalized spacial score (nSPS) is 19.4. The zero-order chi connectivity index (χ0) is 30.3. The van der Waals surface area contributed by atoms with Gasteiger partial charge in [0.25, 0.3) is 5.91 Å². The van der Waals surface area contributed by atoms with Crippen molar-refractivity contribution in [3.05, 3.63) is 56.2 Å². The van der Waals surface area contributed by atoms with E-state index in [9.17, 15) is 14.4 Å². The molecule has 0 fully saturated rings. The fourth-order valence-electron chi connectivity index (χ4n) is 6.48. The average molecular weight is 595 g/mol. The van der Waals surface area contributed by atoms with Crippen molar-refractivity contribution < 1.29 is 33.3 Å². The number of fused-ring (bicyclic) bond motifs is 1. The number of carbonyl (C=O) groups is 3. The van der Waals surface area contributed by atoms with E-state index in [1.165, 1.54) is 39.8 Å². The molecule has 0 radical (unpaired) electrons. The molecule has 224 valence electrons. The SMILES string of the molecule is COC(=O)c1c(NC(=O)C2=C(C)NC3=C(C(=O)CC(C)(C)C3)[C@H]2c2cc(OC)c(OC)c(OC)c2)sc2c1CCCC2. The minimum absolute atomic E-state index is 0.0212. The third-order valence-corrected chi connectivity index (χ3v) is 9.50. The molecule has 1 aromatic carbocycles. The number of allylic oxidation sites excluding steroid dienone is 3. The molecular weight excluding hydrogens is 556 g/mol. The predicted octanol–water partition coefficient (Wildman–Crippen LogP) is 5.68. The maximum absolute atomic E-state index is 14.3. The molecule has 1 aliphatic heterocycles. The van der Waals surface area contributed by atoms with Gasteiger partial charge in [-0.15, -0.1) is 11.3 Å². The number of dihydropyridines is 1. The lowest BCUT2D eigenvalue weighted by molar-refractivity contribution is -0.118. The number of nitrogens with one attached hydrogen (secondary N) is 2. The Balaban J connectivity index is 1.65. The number of Topliss-reactive ketones (excluding diaryl/α,β-unsaturated/α-hetero) is 1. The van der Waals surface area contributed by atoms with Crippen molar-refractivity contribution in [3.63, 3.8) is 0 Å². The summed E-state index contributed by atoms with van der Waals surface area (Å²) in [5, 5.41) is 6.92. The smallest absolute Gasteiger partial charge is 0.341 e. The Bertz CT molecular complexity index is 1510. The molecule has 42 heavy (non-hydrogen) atoms. The summed E-state index contributed by atoms with van der Waals surface area (Å²) in [5.41, 5.74) is 4.20. The molecule has 3 aliphatic rings. The van der Waals surface area contributed by atoms with Crippen molar-refractivity contribution in [3.8, 4) is 17.2 Å². The molecule has 1 atom stereocenters. The van der Waals surface area contributed by atoms with E-state index in [0.29, 0.717) is 63.1 Å². The Morgan fingerprint density at radius 3 is 2.29 bits per heavy atom. The van der Waals surface area contributed by atoms with Crippen LogP contribution in [0.15, 0.2) is 34.7 Å². The van der Waals surface area contributed by atoms with Gasteiger partial charge >= 0.3 is 5.97 Å². The topological polar surface area (TPSA) is 112 Å². The third kappa shape index (κ3) is 5.17. The van der Waals surface area contributed by atoms with Gasteiger partial charge < -0.3 is 29.6 Å². The van der Waals surface area contributed by atoms with Crippen LogP contribution in [0.5, 0.6) is 17.2 Å². The summed E-state index contributed by atoms with van der Waals surface area (Å²) in [6.45, 7) is 5.98. The fourth-order valence-corrected chi connectivity index (χ4v) is 7.75. The van der Waals surface area contributed by atoms with Gasteiger partial charge in [0.05, 0.1) is 34.0 Å². The highest BCUT2D eigenvalue weighted by molar-refractivity contribution is 7.17. The minimum atomic E-state index is -0.699. The van der Waals surface area contributed by atoms with E-state index in [1.54, 1.807) is 12.1 Å². The van der Waals surface area contributed by atoms with E-state index < -0.39 is 17.8 Å². The number of hydrogen-bond donors (Lipinski definition) is 2. The Morgan fingerprint density at radius 2 is 1.67 bits per heavy atom. The molecule has 1 amide bonds. The monoisotopic (exact) mass is 594 g/mol. The molecule has 10 heteroatoms. The predicted molar refractivity (Wildman–Crippen MR) is 161 cm³/mol. The maximum Gasteiger partial charge on any atom is 0.341 e. The van der Waals surface area contributed by atoms with Crippen molar-refractivity contribution in [1.82, 2.24) is 5.32 Å². The third-order valence-electron chi connectivity index (χ3n) is 8.29. The van der Waals surface area contributed by atoms with Gasteiger partial charge in [-0.3, -0.25) is 9.59 Å². The van der Waals surface area contributed by atoms with Gasteiger partial charge in [0, 0.05) is 39.8 Å². The number of benzene rings is 1. The molecule has 5 rings (SSSR count). The summed E-state index contributed by atoms with van der Waals surface area (Å²) in [6.07, 6.45) is 4.65. The van der Waals surface area contributed by atoms with Crippen LogP contribution < -0.4 is 24.8 Å². The van der Waals surface area contributed by atoms with Gasteiger partial charge in [0.1, 0.15) is 5.00 Å². The van der Waals surface area contributed by atoms with Crippen LogP contribution in [-0.4, -0.2) is 46.1 Å². The molecule has 2 N–H and O–H groups in total. The zero-order valence-corrected chi connectivity index (χ0v) is 26.1. The van der Waals surface area contributed by atoms with E-state index in [4.69, 9.17) is 18.9 Å². The number of thiophene rings is 1. The molecule has 2 heterocycles. The number of hydrogen-bond acceptors (Lipinski definition) is 9. The number of carbonyl (C=O) groups excluding carboxylic acids is 3. The lowest BCUT2D eigenvalue weighted by atomic mass is 9.68. The molecular formula is C32H38N2O7S. The summed E-state index contributed by atoms with van der Waals surface area (Å²) in [6, 6.07) is 3.58. The van der Waals surface area contributed by atoms with Crippen molar-refractivity contribution in [2.75, 3.05) is 33.8 Å². The van der Waals surface area contributed by atoms with Crippen LogP contribution in [0, 0.1) is 5.41 Å². The first-order valence-corrected chi connectivity index (χ1v) is 14.9. The van der Waals surface area contributed by atoms with Crippen molar-refractivity contribution in [2.24, 2.45) is 5.41 Å². The summed E-state index contributed by atoms with van der Waals surface area (Å²) in [7, 11) is 5.94. The molecule has 1 aromatic heterocycles. The highest BCUT2D eigenvalue weighted by atomic mass is 32.1. The summed E-state index contributed by atoms with van der Waals surface area (Å²) in [4.78, 5) is 42.1. The second-order valence-corrected chi connectivity index (χ2v) is 12.9. The Morgan fingerprint density at radius 1 is 1.00 bits per heavy atom. The number of rotatable bonds is 7. The number of amides is 1. The number of ketones is 1. The van der Waals surface area contributed by atoms with Crippen LogP contribution in [0.2, 0.25) is 0 Å². The number of aryl methyl sites for hydroxylation is 1. The number of anilines is 1. The second kappa shape index (κ2) is 11.5. The van der Waals surface area contributed by atoms with Crippen LogP contribution in [-0.2, 0) is 27.2 Å². The van der Waals surface area contributed by atoms with Crippen molar-refractivity contribution in [1.29, 1.82) is 0 Å². The van der Waals surface area contributed by atoms with E-state index in [-0.39, 0.29) is 11.2 Å². The first kappa shape index (κ1) is 29.7. The molecule has 0 saturated heterocycles. The van der Waals surface area contributed by atoms with Gasteiger partial charge in [0.15, 0.2) is 17.3 Å². The lowest BCUT2D eigenvalue weighted by Gasteiger charge is -2.39. The standard InChI is InChI=1S/C32H38N2O7S/c1-16-24(29(36)34-30-26(31(37)41-7)18-10-8-9-11-23(18)42-30)25(27-19(33-16)14-32(2,3)15-20(27)35)17-12-21(38-4)28(40-6)22(13-17)39-5/h12-13,25,33H,8-11,14-15H2,1-7H3,(H,34,36)/t25-/m0/s1. The lowest BCUT2D eigenvalue weighted by Crippen LogP contribution is -2.39. The van der Waals surface area contributed by atoms with E-state index in [1.807, 2.05) is 6.92 Å². The highest BCUT2D eigenvalue weighted by Crippen LogP contribution is 2.50. The Hall–Kier alpha value is -3.79. The van der Waals surface area contributed by atoms with Gasteiger partial charge in [-0.1, -0.05) is 13.8 Å². The molecule has 0 unspecified atom stereocenters. The minimum Gasteiger partial charge on any atom is -0.493 e. The summed E-state index contributed by atoms with van der Waals surface area (Å²) < 4.78 is 21.9. The van der Waals surface area contributed by atoms with Gasteiger partial charge in [-0.25, -0.2) is 4.79 Å².